The Balaban J connectivity index is 2.08. The molecule has 1 aliphatic rings. The SMILES string of the molecule is CCOC1(c2ncc(CNC(C)(C)C)s2)CCOCC1. The number of nitrogens with zero attached hydrogens (tertiary/aromatic N) is 1. The minimum atomic E-state index is -0.225. The first-order chi connectivity index (χ1) is 9.45. The molecule has 0 saturated carbocycles. The molecule has 5 heteroatoms. The number of aromatic nitrogens is 1. The average Bonchev–Trinajstić information content (AvgIpc) is 2.86. The zero-order chi connectivity index (χ0) is 14.6. The van der Waals surface area contributed by atoms with E-state index < -0.39 is 0 Å². The number of hydrogen-bond acceptors (Lipinski definition) is 5. The smallest absolute Gasteiger partial charge is 0.125 e. The second-order valence-corrected chi connectivity index (χ2v) is 7.39. The minimum Gasteiger partial charge on any atom is -0.381 e. The predicted octanol–water partition coefficient (Wildman–Crippen LogP) is 3.07. The molecule has 0 aromatic carbocycles. The molecule has 0 atom stereocenters. The van der Waals surface area contributed by atoms with Crippen molar-refractivity contribution in [1.82, 2.24) is 10.3 Å². The van der Waals surface area contributed by atoms with Gasteiger partial charge in [-0.15, -0.1) is 11.3 Å². The number of thiazole rings is 1. The maximum atomic E-state index is 6.06. The van der Waals surface area contributed by atoms with Gasteiger partial charge in [0.1, 0.15) is 10.6 Å². The van der Waals surface area contributed by atoms with Gasteiger partial charge in [0.15, 0.2) is 0 Å². The zero-order valence-corrected chi connectivity index (χ0v) is 13.8. The first-order valence-electron chi connectivity index (χ1n) is 7.37. The van der Waals surface area contributed by atoms with Crippen LogP contribution in [0.2, 0.25) is 0 Å². The summed E-state index contributed by atoms with van der Waals surface area (Å²) >= 11 is 1.76. The quantitative estimate of drug-likeness (QED) is 0.907. The lowest BCUT2D eigenvalue weighted by Gasteiger charge is -2.35. The van der Waals surface area contributed by atoms with E-state index in [2.05, 4.69) is 31.1 Å². The summed E-state index contributed by atoms with van der Waals surface area (Å²) in [5, 5.41) is 4.61. The van der Waals surface area contributed by atoms with Crippen LogP contribution in [0.3, 0.4) is 0 Å². The summed E-state index contributed by atoms with van der Waals surface area (Å²) in [4.78, 5) is 5.89. The van der Waals surface area contributed by atoms with Gasteiger partial charge in [0, 0.05) is 55.8 Å². The van der Waals surface area contributed by atoms with Crippen molar-refractivity contribution in [3.8, 4) is 0 Å². The third-order valence-electron chi connectivity index (χ3n) is 3.46. The van der Waals surface area contributed by atoms with E-state index in [1.54, 1.807) is 11.3 Å². The molecule has 114 valence electrons. The zero-order valence-electron chi connectivity index (χ0n) is 13.0. The van der Waals surface area contributed by atoms with Crippen LogP contribution >= 0.6 is 11.3 Å². The normalized spacial score (nSPS) is 19.2. The van der Waals surface area contributed by atoms with Crippen LogP contribution in [0.4, 0.5) is 0 Å². The lowest BCUT2D eigenvalue weighted by molar-refractivity contribution is -0.112. The highest BCUT2D eigenvalue weighted by Crippen LogP contribution is 2.38. The highest BCUT2D eigenvalue weighted by Gasteiger charge is 2.38. The molecule has 20 heavy (non-hydrogen) atoms. The monoisotopic (exact) mass is 298 g/mol. The largest absolute Gasteiger partial charge is 0.381 e. The van der Waals surface area contributed by atoms with E-state index in [1.807, 2.05) is 13.1 Å². The molecule has 1 aromatic rings. The van der Waals surface area contributed by atoms with E-state index in [9.17, 15) is 0 Å². The van der Waals surface area contributed by atoms with E-state index >= 15 is 0 Å². The van der Waals surface area contributed by atoms with E-state index in [-0.39, 0.29) is 11.1 Å². The van der Waals surface area contributed by atoms with Crippen molar-refractivity contribution in [2.75, 3.05) is 19.8 Å². The van der Waals surface area contributed by atoms with E-state index in [0.717, 1.165) is 44.2 Å². The molecule has 2 rings (SSSR count). The molecule has 1 aromatic heterocycles. The summed E-state index contributed by atoms with van der Waals surface area (Å²) in [6.07, 6.45) is 3.79. The van der Waals surface area contributed by atoms with Gasteiger partial charge in [-0.25, -0.2) is 4.98 Å². The fourth-order valence-electron chi connectivity index (χ4n) is 2.35. The summed E-state index contributed by atoms with van der Waals surface area (Å²) in [6, 6.07) is 0. The molecule has 1 aliphatic heterocycles. The Bertz CT molecular complexity index is 414. The first kappa shape index (κ1) is 15.9. The van der Waals surface area contributed by atoms with Crippen LogP contribution in [0.25, 0.3) is 0 Å². The summed E-state index contributed by atoms with van der Waals surface area (Å²) in [6.45, 7) is 11.7. The van der Waals surface area contributed by atoms with E-state index in [0.29, 0.717) is 0 Å². The Labute approximate surface area is 125 Å². The van der Waals surface area contributed by atoms with Crippen LogP contribution in [-0.4, -0.2) is 30.3 Å². The molecule has 1 fully saturated rings. The van der Waals surface area contributed by atoms with Gasteiger partial charge in [-0.05, 0) is 27.7 Å². The standard InChI is InChI=1S/C15H26N2O2S/c1-5-19-15(6-8-18-9-7-15)13-16-10-12(20-13)11-17-14(2,3)4/h10,17H,5-9,11H2,1-4H3. The third kappa shape index (κ3) is 4.01. The van der Waals surface area contributed by atoms with Crippen LogP contribution in [0.5, 0.6) is 0 Å². The fraction of sp³-hybridized carbons (Fsp3) is 0.800. The van der Waals surface area contributed by atoms with Crippen molar-refractivity contribution in [1.29, 1.82) is 0 Å². The Morgan fingerprint density at radius 2 is 2.10 bits per heavy atom. The second kappa shape index (κ2) is 6.52. The highest BCUT2D eigenvalue weighted by molar-refractivity contribution is 7.11. The van der Waals surface area contributed by atoms with Gasteiger partial charge in [-0.2, -0.15) is 0 Å². The van der Waals surface area contributed by atoms with Crippen LogP contribution < -0.4 is 5.32 Å². The van der Waals surface area contributed by atoms with Crippen molar-refractivity contribution < 1.29 is 9.47 Å². The maximum Gasteiger partial charge on any atom is 0.125 e. The Morgan fingerprint density at radius 1 is 1.40 bits per heavy atom. The molecule has 0 amide bonds. The molecule has 0 bridgehead atoms. The Morgan fingerprint density at radius 3 is 2.70 bits per heavy atom. The molecule has 0 radical (unpaired) electrons. The van der Waals surface area contributed by atoms with Crippen LogP contribution in [0, 0.1) is 0 Å². The lowest BCUT2D eigenvalue weighted by Crippen LogP contribution is -2.36. The highest BCUT2D eigenvalue weighted by atomic mass is 32.1. The number of hydrogen-bond donors (Lipinski definition) is 1. The number of rotatable bonds is 5. The second-order valence-electron chi connectivity index (χ2n) is 6.27. The van der Waals surface area contributed by atoms with Gasteiger partial charge in [-0.3, -0.25) is 0 Å². The van der Waals surface area contributed by atoms with Gasteiger partial charge >= 0.3 is 0 Å². The summed E-state index contributed by atoms with van der Waals surface area (Å²) in [5.74, 6) is 0. The predicted molar refractivity (Wildman–Crippen MR) is 82.1 cm³/mol. The van der Waals surface area contributed by atoms with Gasteiger partial charge in [0.05, 0.1) is 0 Å². The lowest BCUT2D eigenvalue weighted by atomic mass is 9.95. The van der Waals surface area contributed by atoms with Crippen LogP contribution in [0.15, 0.2) is 6.20 Å². The molecule has 1 saturated heterocycles. The molecular weight excluding hydrogens is 272 g/mol. The molecule has 2 heterocycles. The molecule has 0 unspecified atom stereocenters. The van der Waals surface area contributed by atoms with Crippen LogP contribution in [0.1, 0.15) is 50.4 Å². The van der Waals surface area contributed by atoms with Gasteiger partial charge in [0.25, 0.3) is 0 Å². The molecular formula is C15H26N2O2S. The van der Waals surface area contributed by atoms with Gasteiger partial charge in [0.2, 0.25) is 0 Å². The molecule has 0 spiro atoms. The maximum absolute atomic E-state index is 6.06. The topological polar surface area (TPSA) is 43.4 Å². The van der Waals surface area contributed by atoms with Crippen molar-refractivity contribution >= 4 is 11.3 Å². The van der Waals surface area contributed by atoms with Crippen molar-refractivity contribution in [2.45, 2.75) is 58.2 Å². The summed E-state index contributed by atoms with van der Waals surface area (Å²) in [5.41, 5.74) is -0.0991. The summed E-state index contributed by atoms with van der Waals surface area (Å²) < 4.78 is 11.5. The number of ether oxygens (including phenoxy) is 2. The number of nitrogens with one attached hydrogen (secondary N) is 1. The van der Waals surface area contributed by atoms with Crippen molar-refractivity contribution in [3.05, 3.63) is 16.1 Å². The molecule has 0 aliphatic carbocycles. The third-order valence-corrected chi connectivity index (χ3v) is 4.64. The Kier molecular flexibility index (Phi) is 5.18. The molecule has 1 N–H and O–H groups in total. The van der Waals surface area contributed by atoms with Crippen LogP contribution in [-0.2, 0) is 21.6 Å². The minimum absolute atomic E-state index is 0.125. The average molecular weight is 298 g/mol. The van der Waals surface area contributed by atoms with E-state index in [1.165, 1.54) is 4.88 Å². The van der Waals surface area contributed by atoms with Gasteiger partial charge in [-0.1, -0.05) is 0 Å². The van der Waals surface area contributed by atoms with Crippen molar-refractivity contribution in [3.63, 3.8) is 0 Å². The fourth-order valence-corrected chi connectivity index (χ4v) is 3.40. The summed E-state index contributed by atoms with van der Waals surface area (Å²) in [7, 11) is 0. The van der Waals surface area contributed by atoms with E-state index in [4.69, 9.17) is 9.47 Å². The Hall–Kier alpha value is -0.490. The van der Waals surface area contributed by atoms with Crippen molar-refractivity contribution in [2.24, 2.45) is 0 Å². The van der Waals surface area contributed by atoms with Gasteiger partial charge < -0.3 is 14.8 Å². The first-order valence-corrected chi connectivity index (χ1v) is 8.19. The molecule has 4 nitrogen and oxygen atoms in total.